The van der Waals surface area contributed by atoms with Gasteiger partial charge in [0.05, 0.1) is 7.11 Å². The van der Waals surface area contributed by atoms with Crippen LogP contribution in [0.15, 0.2) is 18.2 Å². The van der Waals surface area contributed by atoms with Gasteiger partial charge in [-0.3, -0.25) is 0 Å². The third kappa shape index (κ3) is 3.27. The lowest BCUT2D eigenvalue weighted by Crippen LogP contribution is -2.34. The van der Waals surface area contributed by atoms with Gasteiger partial charge >= 0.3 is 0 Å². The molecule has 2 nitrogen and oxygen atoms in total. The molecule has 0 saturated heterocycles. The molecule has 1 aromatic carbocycles. The maximum Gasteiger partial charge on any atom is 0.131 e. The summed E-state index contributed by atoms with van der Waals surface area (Å²) in [5.74, 6) is 1.15. The van der Waals surface area contributed by atoms with Crippen molar-refractivity contribution in [2.75, 3.05) is 7.11 Å². The molecule has 0 bridgehead atoms. The van der Waals surface area contributed by atoms with Gasteiger partial charge in [-0.25, -0.2) is 4.39 Å². The second kappa shape index (κ2) is 6.38. The number of nitrogens with one attached hydrogen (secondary N) is 1. The maximum absolute atomic E-state index is 14.0. The lowest BCUT2D eigenvalue weighted by molar-refractivity contribution is 0.338. The van der Waals surface area contributed by atoms with E-state index in [-0.39, 0.29) is 11.9 Å². The van der Waals surface area contributed by atoms with Crippen molar-refractivity contribution in [3.8, 4) is 5.75 Å². The van der Waals surface area contributed by atoms with Crippen LogP contribution in [0.3, 0.4) is 0 Å². The summed E-state index contributed by atoms with van der Waals surface area (Å²) in [6.45, 7) is 4.21. The molecule has 1 fully saturated rings. The first-order valence-electron chi connectivity index (χ1n) is 7.22. The molecule has 106 valence electrons. The van der Waals surface area contributed by atoms with Crippen LogP contribution in [0, 0.1) is 11.7 Å². The monoisotopic (exact) mass is 265 g/mol. The van der Waals surface area contributed by atoms with Crippen molar-refractivity contribution in [3.05, 3.63) is 29.6 Å². The zero-order valence-electron chi connectivity index (χ0n) is 12.1. The van der Waals surface area contributed by atoms with Crippen LogP contribution in [0.1, 0.15) is 51.1 Å². The summed E-state index contributed by atoms with van der Waals surface area (Å²) in [6, 6.07) is 5.38. The molecule has 2 rings (SSSR count). The highest BCUT2D eigenvalue weighted by Crippen LogP contribution is 2.31. The number of benzene rings is 1. The van der Waals surface area contributed by atoms with Crippen molar-refractivity contribution < 1.29 is 9.13 Å². The van der Waals surface area contributed by atoms with E-state index in [1.54, 1.807) is 13.2 Å². The lowest BCUT2D eigenvalue weighted by atomic mass is 9.97. The van der Waals surface area contributed by atoms with Crippen molar-refractivity contribution in [3.63, 3.8) is 0 Å². The Kier molecular flexibility index (Phi) is 4.81. The molecule has 3 heteroatoms. The number of rotatable bonds is 5. The highest BCUT2D eigenvalue weighted by molar-refractivity contribution is 5.36. The Morgan fingerprint density at radius 3 is 2.58 bits per heavy atom. The minimum atomic E-state index is -0.196. The van der Waals surface area contributed by atoms with Gasteiger partial charge in [0.15, 0.2) is 0 Å². The average molecular weight is 265 g/mol. The molecule has 2 atom stereocenters. The SMILES string of the molecule is COc1cccc(F)c1C(C)NC(C)C1CCCC1. The van der Waals surface area contributed by atoms with Crippen LogP contribution in [-0.4, -0.2) is 13.2 Å². The standard InChI is InChI=1S/C16H24FNO/c1-11(13-7-4-5-8-13)18-12(2)16-14(17)9-6-10-15(16)19-3/h6,9-13,18H,4-5,7-8H2,1-3H3. The van der Waals surface area contributed by atoms with Crippen LogP contribution >= 0.6 is 0 Å². The van der Waals surface area contributed by atoms with Gasteiger partial charge in [-0.1, -0.05) is 18.9 Å². The van der Waals surface area contributed by atoms with Crippen LogP contribution in [0.5, 0.6) is 5.75 Å². The number of hydrogen-bond acceptors (Lipinski definition) is 2. The van der Waals surface area contributed by atoms with Gasteiger partial charge in [-0.05, 0) is 44.7 Å². The molecule has 2 unspecified atom stereocenters. The second-order valence-electron chi connectivity index (χ2n) is 5.58. The van der Waals surface area contributed by atoms with Crippen molar-refractivity contribution in [1.82, 2.24) is 5.32 Å². The Morgan fingerprint density at radius 1 is 1.26 bits per heavy atom. The van der Waals surface area contributed by atoms with Gasteiger partial charge < -0.3 is 10.1 Å². The topological polar surface area (TPSA) is 21.3 Å². The fourth-order valence-corrected chi connectivity index (χ4v) is 3.19. The van der Waals surface area contributed by atoms with E-state index in [0.29, 0.717) is 17.4 Å². The molecule has 0 spiro atoms. The van der Waals surface area contributed by atoms with E-state index < -0.39 is 0 Å². The quantitative estimate of drug-likeness (QED) is 0.866. The minimum Gasteiger partial charge on any atom is -0.496 e. The third-order valence-electron chi connectivity index (χ3n) is 4.29. The zero-order valence-corrected chi connectivity index (χ0v) is 12.1. The number of ether oxygens (including phenoxy) is 1. The number of hydrogen-bond donors (Lipinski definition) is 1. The highest BCUT2D eigenvalue weighted by atomic mass is 19.1. The highest BCUT2D eigenvalue weighted by Gasteiger charge is 2.24. The Labute approximate surface area is 115 Å². The molecule has 0 amide bonds. The number of halogens is 1. The van der Waals surface area contributed by atoms with Crippen molar-refractivity contribution in [2.45, 2.75) is 51.6 Å². The summed E-state index contributed by atoms with van der Waals surface area (Å²) in [4.78, 5) is 0. The molecular weight excluding hydrogens is 241 g/mol. The largest absolute Gasteiger partial charge is 0.496 e. The first-order valence-corrected chi connectivity index (χ1v) is 7.22. The van der Waals surface area contributed by atoms with Crippen LogP contribution in [0.2, 0.25) is 0 Å². The van der Waals surface area contributed by atoms with Crippen molar-refractivity contribution >= 4 is 0 Å². The molecule has 0 heterocycles. The molecule has 0 aliphatic heterocycles. The Morgan fingerprint density at radius 2 is 1.95 bits per heavy atom. The average Bonchev–Trinajstić information content (AvgIpc) is 2.92. The predicted octanol–water partition coefficient (Wildman–Crippen LogP) is 4.06. The van der Waals surface area contributed by atoms with E-state index in [1.165, 1.54) is 31.7 Å². The number of methoxy groups -OCH3 is 1. The third-order valence-corrected chi connectivity index (χ3v) is 4.29. The molecule has 1 aliphatic rings. The summed E-state index contributed by atoms with van der Waals surface area (Å²) >= 11 is 0. The maximum atomic E-state index is 14.0. The lowest BCUT2D eigenvalue weighted by Gasteiger charge is -2.26. The fraction of sp³-hybridized carbons (Fsp3) is 0.625. The van der Waals surface area contributed by atoms with Gasteiger partial charge in [0.2, 0.25) is 0 Å². The molecule has 1 aliphatic carbocycles. The smallest absolute Gasteiger partial charge is 0.131 e. The minimum absolute atomic E-state index is 0.0354. The second-order valence-corrected chi connectivity index (χ2v) is 5.58. The van der Waals surface area contributed by atoms with E-state index in [9.17, 15) is 4.39 Å². The van der Waals surface area contributed by atoms with Crippen molar-refractivity contribution in [2.24, 2.45) is 5.92 Å². The summed E-state index contributed by atoms with van der Waals surface area (Å²) in [7, 11) is 1.59. The van der Waals surface area contributed by atoms with Gasteiger partial charge in [0.1, 0.15) is 11.6 Å². The molecule has 0 radical (unpaired) electrons. The summed E-state index contributed by atoms with van der Waals surface area (Å²) in [5, 5.41) is 3.53. The Bertz CT molecular complexity index is 415. The van der Waals surface area contributed by atoms with E-state index >= 15 is 0 Å². The molecular formula is C16H24FNO. The molecule has 1 N–H and O–H groups in total. The van der Waals surface area contributed by atoms with Crippen molar-refractivity contribution in [1.29, 1.82) is 0 Å². The van der Waals surface area contributed by atoms with E-state index in [1.807, 2.05) is 13.0 Å². The van der Waals surface area contributed by atoms with Crippen LogP contribution in [0.4, 0.5) is 4.39 Å². The van der Waals surface area contributed by atoms with Crippen LogP contribution in [-0.2, 0) is 0 Å². The van der Waals surface area contributed by atoms with Crippen LogP contribution < -0.4 is 10.1 Å². The molecule has 19 heavy (non-hydrogen) atoms. The normalized spacial score (nSPS) is 19.4. The zero-order chi connectivity index (χ0) is 13.8. The van der Waals surface area contributed by atoms with E-state index in [4.69, 9.17) is 4.74 Å². The van der Waals surface area contributed by atoms with Crippen LogP contribution in [0.25, 0.3) is 0 Å². The first-order chi connectivity index (χ1) is 9.13. The summed E-state index contributed by atoms with van der Waals surface area (Å²) in [5.41, 5.74) is 0.634. The van der Waals surface area contributed by atoms with Gasteiger partial charge in [-0.15, -0.1) is 0 Å². The Balaban J connectivity index is 2.08. The van der Waals surface area contributed by atoms with Gasteiger partial charge in [0, 0.05) is 17.6 Å². The molecule has 1 aromatic rings. The van der Waals surface area contributed by atoms with E-state index in [2.05, 4.69) is 12.2 Å². The molecule has 0 aromatic heterocycles. The first kappa shape index (κ1) is 14.3. The summed E-state index contributed by atoms with van der Waals surface area (Å²) in [6.07, 6.45) is 5.23. The van der Waals surface area contributed by atoms with E-state index in [0.717, 1.165) is 5.92 Å². The summed E-state index contributed by atoms with van der Waals surface area (Å²) < 4.78 is 19.3. The van der Waals surface area contributed by atoms with Gasteiger partial charge in [0.25, 0.3) is 0 Å². The fourth-order valence-electron chi connectivity index (χ4n) is 3.19. The Hall–Kier alpha value is -1.09. The van der Waals surface area contributed by atoms with Gasteiger partial charge in [-0.2, -0.15) is 0 Å². The predicted molar refractivity (Wildman–Crippen MR) is 75.9 cm³/mol. The molecule has 1 saturated carbocycles.